The van der Waals surface area contributed by atoms with Gasteiger partial charge in [-0.3, -0.25) is 0 Å². The van der Waals surface area contributed by atoms with Gasteiger partial charge in [-0.25, -0.2) is 0 Å². The van der Waals surface area contributed by atoms with Crippen molar-refractivity contribution in [1.29, 1.82) is 0 Å². The van der Waals surface area contributed by atoms with Crippen LogP contribution in [0.25, 0.3) is 5.57 Å². The number of aryl methyl sites for hydroxylation is 1. The van der Waals surface area contributed by atoms with Gasteiger partial charge in [-0.05, 0) is 67.3 Å². The first-order chi connectivity index (χ1) is 8.49. The van der Waals surface area contributed by atoms with E-state index in [2.05, 4.69) is 63.9 Å². The molecule has 0 heterocycles. The summed E-state index contributed by atoms with van der Waals surface area (Å²) in [5.74, 6) is 0. The zero-order valence-electron chi connectivity index (χ0n) is 12.1. The van der Waals surface area contributed by atoms with E-state index in [9.17, 15) is 0 Å². The van der Waals surface area contributed by atoms with Crippen molar-refractivity contribution >= 4 is 5.57 Å². The molecule has 1 N–H and O–H groups in total. The van der Waals surface area contributed by atoms with Gasteiger partial charge in [0.1, 0.15) is 0 Å². The number of benzene rings is 1. The molecule has 1 aromatic carbocycles. The molecule has 96 valence electrons. The molecule has 0 aliphatic carbocycles. The Labute approximate surface area is 111 Å². The number of rotatable bonds is 4. The lowest BCUT2D eigenvalue weighted by Gasteiger charge is -2.14. The fourth-order valence-electron chi connectivity index (χ4n) is 1.96. The molecule has 0 saturated carbocycles. The molecule has 0 atom stereocenters. The molecule has 0 fully saturated rings. The van der Waals surface area contributed by atoms with Crippen LogP contribution < -0.4 is 5.32 Å². The Morgan fingerprint density at radius 1 is 1.11 bits per heavy atom. The summed E-state index contributed by atoms with van der Waals surface area (Å²) in [6, 6.07) is 8.38. The summed E-state index contributed by atoms with van der Waals surface area (Å²) in [6.07, 6.45) is 2.02. The van der Waals surface area contributed by atoms with Crippen LogP contribution in [-0.2, 0) is 0 Å². The highest BCUT2D eigenvalue weighted by Crippen LogP contribution is 2.28. The van der Waals surface area contributed by atoms with Crippen molar-refractivity contribution in [3.63, 3.8) is 0 Å². The summed E-state index contributed by atoms with van der Waals surface area (Å²) in [5, 5.41) is 3.07. The molecule has 0 unspecified atom stereocenters. The van der Waals surface area contributed by atoms with Crippen LogP contribution >= 0.6 is 0 Å². The van der Waals surface area contributed by atoms with Gasteiger partial charge in [-0.1, -0.05) is 30.8 Å². The van der Waals surface area contributed by atoms with Crippen LogP contribution in [0.4, 0.5) is 0 Å². The van der Waals surface area contributed by atoms with Crippen LogP contribution in [0.1, 0.15) is 31.9 Å². The first-order valence-electron chi connectivity index (χ1n) is 6.26. The fourth-order valence-corrected chi connectivity index (χ4v) is 1.96. The zero-order valence-corrected chi connectivity index (χ0v) is 12.1. The molecule has 1 rings (SSSR count). The molecule has 0 aliphatic rings. The van der Waals surface area contributed by atoms with Crippen LogP contribution in [0.15, 0.2) is 53.8 Å². The average Bonchev–Trinajstić information content (AvgIpc) is 2.37. The Kier molecular flexibility index (Phi) is 4.96. The summed E-state index contributed by atoms with van der Waals surface area (Å²) < 4.78 is 0. The molecular weight excluding hydrogens is 218 g/mol. The summed E-state index contributed by atoms with van der Waals surface area (Å²) in [5.41, 5.74) is 7.36. The molecule has 0 spiro atoms. The van der Waals surface area contributed by atoms with Gasteiger partial charge in [-0.15, -0.1) is 0 Å². The third-order valence-electron chi connectivity index (χ3n) is 3.44. The number of nitrogens with one attached hydrogen (secondary N) is 1. The Bertz CT molecular complexity index is 504. The van der Waals surface area contributed by atoms with E-state index in [-0.39, 0.29) is 0 Å². The monoisotopic (exact) mass is 241 g/mol. The predicted molar refractivity (Wildman–Crippen MR) is 81.4 cm³/mol. The minimum atomic E-state index is 1.11. The fraction of sp³-hybridized carbons (Fsp3) is 0.294. The molecule has 1 nitrogen and oxygen atoms in total. The van der Waals surface area contributed by atoms with E-state index in [0.29, 0.717) is 0 Å². The van der Waals surface area contributed by atoms with Crippen molar-refractivity contribution in [2.75, 3.05) is 7.05 Å². The quantitative estimate of drug-likeness (QED) is 0.767. The highest BCUT2D eigenvalue weighted by Gasteiger charge is 2.07. The number of hydrogen-bond acceptors (Lipinski definition) is 1. The van der Waals surface area contributed by atoms with Crippen molar-refractivity contribution in [1.82, 2.24) is 5.32 Å². The molecule has 0 bridgehead atoms. The van der Waals surface area contributed by atoms with E-state index in [0.717, 1.165) is 5.57 Å². The van der Waals surface area contributed by atoms with E-state index in [1.165, 1.54) is 27.8 Å². The average molecular weight is 241 g/mol. The Morgan fingerprint density at radius 2 is 1.72 bits per heavy atom. The molecule has 1 heteroatoms. The lowest BCUT2D eigenvalue weighted by atomic mass is 9.92. The summed E-state index contributed by atoms with van der Waals surface area (Å²) in [4.78, 5) is 0. The standard InChI is InChI=1S/C17H23N/c1-12-9-7-8-10-17(12)16(5)15(4)14(3)13(2)11-18-6/h7-11,18H,5H2,1-4,6H3/b13-11-,15-14-. The topological polar surface area (TPSA) is 12.0 Å². The van der Waals surface area contributed by atoms with Gasteiger partial charge in [0.15, 0.2) is 0 Å². The Balaban J connectivity index is 3.16. The van der Waals surface area contributed by atoms with E-state index >= 15 is 0 Å². The smallest absolute Gasteiger partial charge is 0.00278 e. The lowest BCUT2D eigenvalue weighted by molar-refractivity contribution is 1.07. The van der Waals surface area contributed by atoms with Crippen molar-refractivity contribution < 1.29 is 0 Å². The highest BCUT2D eigenvalue weighted by atomic mass is 14.8. The van der Waals surface area contributed by atoms with E-state index in [4.69, 9.17) is 0 Å². The third kappa shape index (κ3) is 3.13. The summed E-state index contributed by atoms with van der Waals surface area (Å²) >= 11 is 0. The molecule has 0 amide bonds. The van der Waals surface area contributed by atoms with E-state index < -0.39 is 0 Å². The largest absolute Gasteiger partial charge is 0.394 e. The van der Waals surface area contributed by atoms with E-state index in [1.807, 2.05) is 13.2 Å². The first kappa shape index (κ1) is 14.3. The molecular formula is C17H23N. The second-order valence-corrected chi connectivity index (χ2v) is 4.66. The molecule has 1 aromatic rings. The molecule has 0 saturated heterocycles. The van der Waals surface area contributed by atoms with Crippen LogP contribution in [0.5, 0.6) is 0 Å². The number of allylic oxidation sites excluding steroid dienone is 4. The van der Waals surface area contributed by atoms with Crippen LogP contribution in [0.2, 0.25) is 0 Å². The maximum Gasteiger partial charge on any atom is 0.00278 e. The van der Waals surface area contributed by atoms with Gasteiger partial charge < -0.3 is 5.32 Å². The normalized spacial score (nSPS) is 13.1. The van der Waals surface area contributed by atoms with E-state index in [1.54, 1.807) is 0 Å². The highest BCUT2D eigenvalue weighted by molar-refractivity contribution is 5.80. The SMILES string of the molecule is C=C(/C(C)=C(C)\C(C)=C/NC)c1ccccc1C. The van der Waals surface area contributed by atoms with Crippen molar-refractivity contribution in [2.24, 2.45) is 0 Å². The van der Waals surface area contributed by atoms with Gasteiger partial charge in [0, 0.05) is 7.05 Å². The molecule has 0 radical (unpaired) electrons. The second-order valence-electron chi connectivity index (χ2n) is 4.66. The predicted octanol–water partition coefficient (Wildman–Crippen LogP) is 4.47. The Hall–Kier alpha value is -1.76. The summed E-state index contributed by atoms with van der Waals surface area (Å²) in [7, 11) is 1.92. The number of hydrogen-bond donors (Lipinski definition) is 1. The second kappa shape index (κ2) is 6.25. The molecule has 18 heavy (non-hydrogen) atoms. The first-order valence-corrected chi connectivity index (χ1v) is 6.26. The maximum absolute atomic E-state index is 4.24. The van der Waals surface area contributed by atoms with Gasteiger partial charge in [0.05, 0.1) is 0 Å². The molecule has 0 aliphatic heterocycles. The van der Waals surface area contributed by atoms with Gasteiger partial charge in [0.25, 0.3) is 0 Å². The summed E-state index contributed by atoms with van der Waals surface area (Å²) in [6.45, 7) is 12.8. The van der Waals surface area contributed by atoms with Crippen molar-refractivity contribution in [3.8, 4) is 0 Å². The van der Waals surface area contributed by atoms with Crippen molar-refractivity contribution in [2.45, 2.75) is 27.7 Å². The van der Waals surface area contributed by atoms with Crippen molar-refractivity contribution in [3.05, 3.63) is 64.9 Å². The Morgan fingerprint density at radius 3 is 2.28 bits per heavy atom. The minimum Gasteiger partial charge on any atom is -0.394 e. The molecule has 0 aromatic heterocycles. The van der Waals surface area contributed by atoms with Gasteiger partial charge in [-0.2, -0.15) is 0 Å². The minimum absolute atomic E-state index is 1.11. The van der Waals surface area contributed by atoms with Gasteiger partial charge in [0.2, 0.25) is 0 Å². The van der Waals surface area contributed by atoms with Crippen LogP contribution in [0, 0.1) is 6.92 Å². The third-order valence-corrected chi connectivity index (χ3v) is 3.44. The van der Waals surface area contributed by atoms with Gasteiger partial charge >= 0.3 is 0 Å². The van der Waals surface area contributed by atoms with Crippen LogP contribution in [0.3, 0.4) is 0 Å². The zero-order chi connectivity index (χ0) is 13.7. The lowest BCUT2D eigenvalue weighted by Crippen LogP contribution is -1.98. The van der Waals surface area contributed by atoms with Crippen LogP contribution in [-0.4, -0.2) is 7.05 Å². The maximum atomic E-state index is 4.24.